The van der Waals surface area contributed by atoms with Gasteiger partial charge in [-0.3, -0.25) is 13.9 Å². The molecular formula is C19H19N3O4. The Kier molecular flexibility index (Phi) is 3.79. The van der Waals surface area contributed by atoms with Crippen LogP contribution in [-0.4, -0.2) is 21.7 Å². The smallest absolute Gasteiger partial charge is 0.337 e. The maximum absolute atomic E-state index is 13.0. The summed E-state index contributed by atoms with van der Waals surface area (Å²) < 4.78 is 7.89. The van der Waals surface area contributed by atoms with E-state index >= 15 is 0 Å². The Morgan fingerprint density at radius 3 is 2.62 bits per heavy atom. The third-order valence-electron chi connectivity index (χ3n) is 4.90. The summed E-state index contributed by atoms with van der Waals surface area (Å²) in [5, 5.41) is 3.13. The lowest BCUT2D eigenvalue weighted by molar-refractivity contribution is -0.136. The maximum Gasteiger partial charge on any atom is 0.337 e. The molecule has 134 valence electrons. The van der Waals surface area contributed by atoms with Gasteiger partial charge in [-0.2, -0.15) is 0 Å². The van der Waals surface area contributed by atoms with Crippen molar-refractivity contribution in [1.29, 1.82) is 0 Å². The van der Waals surface area contributed by atoms with Gasteiger partial charge in [-0.25, -0.2) is 9.59 Å². The number of nitrogens with one attached hydrogen (secondary N) is 1. The number of benzene rings is 1. The molecule has 0 bridgehead atoms. The molecular weight excluding hydrogens is 334 g/mol. The monoisotopic (exact) mass is 353 g/mol. The van der Waals surface area contributed by atoms with E-state index in [0.717, 1.165) is 16.6 Å². The first-order valence-corrected chi connectivity index (χ1v) is 8.60. The van der Waals surface area contributed by atoms with Crippen LogP contribution in [0.3, 0.4) is 0 Å². The van der Waals surface area contributed by atoms with Gasteiger partial charge in [0.1, 0.15) is 12.4 Å². The van der Waals surface area contributed by atoms with Crippen molar-refractivity contribution in [3.63, 3.8) is 0 Å². The molecule has 3 heterocycles. The zero-order chi connectivity index (χ0) is 18.4. The average Bonchev–Trinajstić information content (AvgIpc) is 3.03. The highest BCUT2D eigenvalue weighted by molar-refractivity contribution is 5.96. The lowest BCUT2D eigenvalue weighted by Crippen LogP contribution is -2.44. The van der Waals surface area contributed by atoms with Crippen molar-refractivity contribution in [2.75, 3.05) is 11.9 Å². The molecule has 0 saturated carbocycles. The van der Waals surface area contributed by atoms with Gasteiger partial charge in [-0.15, -0.1) is 0 Å². The van der Waals surface area contributed by atoms with Gasteiger partial charge in [0.05, 0.1) is 22.8 Å². The number of carbonyl (C=O) groups is 1. The van der Waals surface area contributed by atoms with Crippen molar-refractivity contribution in [2.24, 2.45) is 7.05 Å². The summed E-state index contributed by atoms with van der Waals surface area (Å²) in [4.78, 5) is 38.0. The lowest BCUT2D eigenvalue weighted by atomic mass is 9.83. The standard InChI is InChI=1S/C19H19N3O4/c1-3-9-22-16-15(17(23)21(2)19(22)25)13(11-7-5-4-6-8-11)14-12(20-16)10-26-18(14)24/h4-8,13,20H,3,9-10H2,1-2H3/t13-/m1/s1. The van der Waals surface area contributed by atoms with Gasteiger partial charge in [-0.1, -0.05) is 37.3 Å². The van der Waals surface area contributed by atoms with Crippen LogP contribution in [0, 0.1) is 0 Å². The van der Waals surface area contributed by atoms with Crippen LogP contribution in [0.5, 0.6) is 0 Å². The van der Waals surface area contributed by atoms with Crippen LogP contribution in [0.1, 0.15) is 30.4 Å². The minimum absolute atomic E-state index is 0.118. The minimum Gasteiger partial charge on any atom is -0.456 e. The van der Waals surface area contributed by atoms with Crippen LogP contribution in [-0.2, 0) is 23.1 Å². The summed E-state index contributed by atoms with van der Waals surface area (Å²) in [6.45, 7) is 2.56. The first kappa shape index (κ1) is 16.4. The predicted molar refractivity (Wildman–Crippen MR) is 96.1 cm³/mol. The molecule has 0 spiro atoms. The number of hydrogen-bond donors (Lipinski definition) is 1. The second kappa shape index (κ2) is 6.01. The van der Waals surface area contributed by atoms with Crippen LogP contribution in [0.25, 0.3) is 0 Å². The van der Waals surface area contributed by atoms with E-state index in [9.17, 15) is 14.4 Å². The highest BCUT2D eigenvalue weighted by Crippen LogP contribution is 2.42. The van der Waals surface area contributed by atoms with E-state index in [4.69, 9.17) is 4.74 Å². The zero-order valence-corrected chi connectivity index (χ0v) is 14.6. The Morgan fingerprint density at radius 1 is 1.19 bits per heavy atom. The molecule has 7 nitrogen and oxygen atoms in total. The van der Waals surface area contributed by atoms with Gasteiger partial charge in [0.2, 0.25) is 0 Å². The highest BCUT2D eigenvalue weighted by atomic mass is 16.5. The van der Waals surface area contributed by atoms with E-state index in [1.165, 1.54) is 7.05 Å². The molecule has 0 radical (unpaired) electrons. The van der Waals surface area contributed by atoms with Crippen molar-refractivity contribution in [2.45, 2.75) is 25.8 Å². The third-order valence-corrected chi connectivity index (χ3v) is 4.90. The van der Waals surface area contributed by atoms with E-state index in [2.05, 4.69) is 5.32 Å². The van der Waals surface area contributed by atoms with E-state index in [0.29, 0.717) is 29.2 Å². The van der Waals surface area contributed by atoms with E-state index < -0.39 is 17.4 Å². The highest BCUT2D eigenvalue weighted by Gasteiger charge is 2.41. The van der Waals surface area contributed by atoms with Crippen LogP contribution in [0.4, 0.5) is 5.82 Å². The van der Waals surface area contributed by atoms with Gasteiger partial charge in [0.25, 0.3) is 5.56 Å². The number of aromatic nitrogens is 2. The van der Waals surface area contributed by atoms with Crippen molar-refractivity contribution in [3.05, 3.63) is 73.6 Å². The third kappa shape index (κ3) is 2.23. The van der Waals surface area contributed by atoms with Crippen LogP contribution in [0.15, 0.2) is 51.2 Å². The van der Waals surface area contributed by atoms with E-state index in [-0.39, 0.29) is 12.3 Å². The van der Waals surface area contributed by atoms with Crippen molar-refractivity contribution in [3.8, 4) is 0 Å². The number of nitrogens with zero attached hydrogens (tertiary/aromatic N) is 2. The molecule has 4 rings (SSSR count). The van der Waals surface area contributed by atoms with Gasteiger partial charge < -0.3 is 10.1 Å². The molecule has 1 atom stereocenters. The van der Waals surface area contributed by atoms with Crippen LogP contribution < -0.4 is 16.6 Å². The van der Waals surface area contributed by atoms with Gasteiger partial charge in [0, 0.05) is 13.6 Å². The number of cyclic esters (lactones) is 1. The second-order valence-corrected chi connectivity index (χ2v) is 6.50. The van der Waals surface area contributed by atoms with Crippen LogP contribution >= 0.6 is 0 Å². The molecule has 0 unspecified atom stereocenters. The van der Waals surface area contributed by atoms with Gasteiger partial charge in [-0.05, 0) is 12.0 Å². The Balaban J connectivity index is 2.08. The molecule has 0 saturated heterocycles. The SMILES string of the molecule is CCCn1c2c(c(=O)n(C)c1=O)[C@H](c1ccccc1)C1=C(COC1=O)N2. The van der Waals surface area contributed by atoms with Gasteiger partial charge >= 0.3 is 11.7 Å². The number of rotatable bonds is 3. The Hall–Kier alpha value is -3.09. The van der Waals surface area contributed by atoms with E-state index in [1.54, 1.807) is 4.57 Å². The molecule has 2 aromatic rings. The average molecular weight is 353 g/mol. The van der Waals surface area contributed by atoms with E-state index in [1.807, 2.05) is 37.3 Å². The van der Waals surface area contributed by atoms with Crippen molar-refractivity contribution in [1.82, 2.24) is 9.13 Å². The summed E-state index contributed by atoms with van der Waals surface area (Å²) in [7, 11) is 1.47. The lowest BCUT2D eigenvalue weighted by Gasteiger charge is -2.29. The molecule has 7 heteroatoms. The number of carbonyl (C=O) groups excluding carboxylic acids is 1. The first-order valence-electron chi connectivity index (χ1n) is 8.60. The Morgan fingerprint density at radius 2 is 1.92 bits per heavy atom. The summed E-state index contributed by atoms with van der Waals surface area (Å²) in [5.74, 6) is -0.520. The summed E-state index contributed by atoms with van der Waals surface area (Å²) >= 11 is 0. The Labute approximate surface area is 149 Å². The predicted octanol–water partition coefficient (Wildman–Crippen LogP) is 1.33. The number of hydrogen-bond acceptors (Lipinski definition) is 5. The summed E-state index contributed by atoms with van der Waals surface area (Å²) in [6, 6.07) is 9.37. The molecule has 0 fully saturated rings. The number of ether oxygens (including phenoxy) is 1. The van der Waals surface area contributed by atoms with Gasteiger partial charge in [0.15, 0.2) is 0 Å². The topological polar surface area (TPSA) is 82.3 Å². The van der Waals surface area contributed by atoms with Crippen LogP contribution in [0.2, 0.25) is 0 Å². The van der Waals surface area contributed by atoms with Crippen molar-refractivity contribution < 1.29 is 9.53 Å². The number of anilines is 1. The molecule has 2 aliphatic heterocycles. The molecule has 0 amide bonds. The molecule has 26 heavy (non-hydrogen) atoms. The first-order chi connectivity index (χ1) is 12.5. The fourth-order valence-corrected chi connectivity index (χ4v) is 3.70. The molecule has 0 aliphatic carbocycles. The summed E-state index contributed by atoms with van der Waals surface area (Å²) in [6.07, 6.45) is 0.740. The normalized spacial score (nSPS) is 18.2. The largest absolute Gasteiger partial charge is 0.456 e. The fraction of sp³-hybridized carbons (Fsp3) is 0.316. The zero-order valence-electron chi connectivity index (χ0n) is 14.6. The number of esters is 1. The summed E-state index contributed by atoms with van der Waals surface area (Å²) in [5.41, 5.74) is 1.52. The molecule has 1 aromatic carbocycles. The molecule has 2 aliphatic rings. The Bertz CT molecular complexity index is 1050. The fourth-order valence-electron chi connectivity index (χ4n) is 3.70. The second-order valence-electron chi connectivity index (χ2n) is 6.50. The number of fused-ring (bicyclic) bond motifs is 1. The molecule has 1 aromatic heterocycles. The quantitative estimate of drug-likeness (QED) is 0.842. The van der Waals surface area contributed by atoms with Crippen molar-refractivity contribution >= 4 is 11.8 Å². The maximum atomic E-state index is 13.0. The minimum atomic E-state index is -0.556. The molecule has 1 N–H and O–H groups in total.